The third kappa shape index (κ3) is 1.87. The first kappa shape index (κ1) is 9.31. The molecular formula is C8H8N2O3. The monoisotopic (exact) mass is 180 g/mol. The number of rotatable bonds is 2. The van der Waals surface area contributed by atoms with Crippen LogP contribution in [0.25, 0.3) is 0 Å². The van der Waals surface area contributed by atoms with Crippen molar-refractivity contribution in [3.63, 3.8) is 0 Å². The molecule has 1 aromatic heterocycles. The Balaban J connectivity index is 3.09. The molecule has 1 rings (SSSR count). The summed E-state index contributed by atoms with van der Waals surface area (Å²) in [4.78, 5) is 25.0. The van der Waals surface area contributed by atoms with Gasteiger partial charge in [0.05, 0.1) is 12.8 Å². The van der Waals surface area contributed by atoms with E-state index in [1.807, 2.05) is 0 Å². The van der Waals surface area contributed by atoms with Crippen molar-refractivity contribution in [2.45, 2.75) is 6.92 Å². The summed E-state index contributed by atoms with van der Waals surface area (Å²) in [7, 11) is 1.27. The number of nitroso groups, excluding NO2 is 1. The second kappa shape index (κ2) is 3.75. The van der Waals surface area contributed by atoms with Gasteiger partial charge in [0.15, 0.2) is 0 Å². The van der Waals surface area contributed by atoms with E-state index in [4.69, 9.17) is 0 Å². The first-order valence-electron chi connectivity index (χ1n) is 3.58. The molecule has 5 heteroatoms. The Labute approximate surface area is 74.7 Å². The van der Waals surface area contributed by atoms with Gasteiger partial charge < -0.3 is 4.74 Å². The SMILES string of the molecule is COC(=O)c1ccc(N=O)c(C)n1. The molecule has 0 aromatic carbocycles. The van der Waals surface area contributed by atoms with Gasteiger partial charge in [-0.15, -0.1) is 4.91 Å². The summed E-state index contributed by atoms with van der Waals surface area (Å²) in [5.41, 5.74) is 0.818. The molecule has 0 atom stereocenters. The predicted octanol–water partition coefficient (Wildman–Crippen LogP) is 1.57. The van der Waals surface area contributed by atoms with E-state index in [1.165, 1.54) is 19.2 Å². The zero-order valence-electron chi connectivity index (χ0n) is 7.27. The molecule has 0 aliphatic rings. The Morgan fingerprint density at radius 1 is 1.54 bits per heavy atom. The van der Waals surface area contributed by atoms with Crippen molar-refractivity contribution < 1.29 is 9.53 Å². The number of ether oxygens (including phenoxy) is 1. The molecule has 0 aliphatic heterocycles. The summed E-state index contributed by atoms with van der Waals surface area (Å²) in [5.74, 6) is -0.527. The molecule has 0 aliphatic carbocycles. The highest BCUT2D eigenvalue weighted by Gasteiger charge is 2.08. The Morgan fingerprint density at radius 3 is 2.69 bits per heavy atom. The van der Waals surface area contributed by atoms with Crippen molar-refractivity contribution >= 4 is 11.7 Å². The normalized spacial score (nSPS) is 9.38. The Bertz CT molecular complexity index is 349. The molecule has 0 N–H and O–H groups in total. The fourth-order valence-electron chi connectivity index (χ4n) is 0.868. The molecule has 5 nitrogen and oxygen atoms in total. The van der Waals surface area contributed by atoms with Gasteiger partial charge in [0, 0.05) is 0 Å². The lowest BCUT2D eigenvalue weighted by Gasteiger charge is -1.99. The van der Waals surface area contributed by atoms with E-state index < -0.39 is 5.97 Å². The second-order valence-corrected chi connectivity index (χ2v) is 2.38. The number of hydrogen-bond donors (Lipinski definition) is 0. The Hall–Kier alpha value is -1.78. The van der Waals surface area contributed by atoms with Crippen LogP contribution in [0.5, 0.6) is 0 Å². The zero-order chi connectivity index (χ0) is 9.84. The Kier molecular flexibility index (Phi) is 2.69. The molecule has 0 unspecified atom stereocenters. The Morgan fingerprint density at radius 2 is 2.23 bits per heavy atom. The molecule has 1 heterocycles. The average molecular weight is 180 g/mol. The largest absolute Gasteiger partial charge is 0.464 e. The van der Waals surface area contributed by atoms with Gasteiger partial charge in [0.1, 0.15) is 11.4 Å². The number of methoxy groups -OCH3 is 1. The van der Waals surface area contributed by atoms with E-state index in [0.717, 1.165) is 0 Å². The number of aromatic nitrogens is 1. The van der Waals surface area contributed by atoms with Crippen LogP contribution >= 0.6 is 0 Å². The van der Waals surface area contributed by atoms with Crippen molar-refractivity contribution in [3.05, 3.63) is 28.4 Å². The minimum absolute atomic E-state index is 0.174. The molecule has 0 saturated heterocycles. The maximum atomic E-state index is 11.0. The molecule has 0 radical (unpaired) electrons. The van der Waals surface area contributed by atoms with Crippen LogP contribution in [-0.4, -0.2) is 18.1 Å². The van der Waals surface area contributed by atoms with E-state index >= 15 is 0 Å². The minimum Gasteiger partial charge on any atom is -0.464 e. The van der Waals surface area contributed by atoms with Gasteiger partial charge >= 0.3 is 5.97 Å². The summed E-state index contributed by atoms with van der Waals surface area (Å²) < 4.78 is 4.45. The van der Waals surface area contributed by atoms with Crippen molar-refractivity contribution in [2.24, 2.45) is 5.18 Å². The van der Waals surface area contributed by atoms with Crippen LogP contribution in [0.15, 0.2) is 17.3 Å². The lowest BCUT2D eigenvalue weighted by molar-refractivity contribution is 0.0594. The molecule has 0 fully saturated rings. The van der Waals surface area contributed by atoms with Crippen molar-refractivity contribution in [2.75, 3.05) is 7.11 Å². The van der Waals surface area contributed by atoms with Crippen LogP contribution < -0.4 is 0 Å². The van der Waals surface area contributed by atoms with E-state index in [9.17, 15) is 9.70 Å². The van der Waals surface area contributed by atoms with Gasteiger partial charge in [0.2, 0.25) is 0 Å². The molecule has 0 spiro atoms. The summed E-state index contributed by atoms with van der Waals surface area (Å²) in [6, 6.07) is 2.83. The van der Waals surface area contributed by atoms with Crippen LogP contribution in [-0.2, 0) is 4.74 Å². The third-order valence-corrected chi connectivity index (χ3v) is 1.55. The van der Waals surface area contributed by atoms with Crippen LogP contribution in [0.1, 0.15) is 16.2 Å². The number of nitrogens with zero attached hydrogens (tertiary/aromatic N) is 2. The first-order chi connectivity index (χ1) is 6.19. The van der Waals surface area contributed by atoms with Crippen LogP contribution in [0.4, 0.5) is 5.69 Å². The smallest absolute Gasteiger partial charge is 0.356 e. The number of pyridine rings is 1. The quantitative estimate of drug-likeness (QED) is 0.511. The van der Waals surface area contributed by atoms with Gasteiger partial charge in [-0.1, -0.05) is 0 Å². The van der Waals surface area contributed by atoms with Gasteiger partial charge in [-0.05, 0) is 24.2 Å². The molecule has 68 valence electrons. The summed E-state index contributed by atoms with van der Waals surface area (Å²) in [5, 5.41) is 2.73. The highest BCUT2D eigenvalue weighted by atomic mass is 16.5. The lowest BCUT2D eigenvalue weighted by atomic mass is 10.3. The third-order valence-electron chi connectivity index (χ3n) is 1.55. The number of carbonyl (C=O) groups excluding carboxylic acids is 1. The highest BCUT2D eigenvalue weighted by molar-refractivity contribution is 5.87. The van der Waals surface area contributed by atoms with E-state index in [2.05, 4.69) is 14.9 Å². The number of esters is 1. The lowest BCUT2D eigenvalue weighted by Crippen LogP contribution is -2.04. The molecule has 0 saturated carbocycles. The van der Waals surface area contributed by atoms with Gasteiger partial charge in [0.25, 0.3) is 0 Å². The minimum atomic E-state index is -0.527. The van der Waals surface area contributed by atoms with E-state index in [1.54, 1.807) is 6.92 Å². The van der Waals surface area contributed by atoms with Gasteiger partial charge in [-0.2, -0.15) is 0 Å². The fourth-order valence-corrected chi connectivity index (χ4v) is 0.868. The molecule has 0 bridgehead atoms. The highest BCUT2D eigenvalue weighted by Crippen LogP contribution is 2.15. The second-order valence-electron chi connectivity index (χ2n) is 2.38. The van der Waals surface area contributed by atoms with E-state index in [0.29, 0.717) is 5.69 Å². The van der Waals surface area contributed by atoms with Crippen molar-refractivity contribution in [1.82, 2.24) is 4.98 Å². The van der Waals surface area contributed by atoms with Crippen molar-refractivity contribution in [3.8, 4) is 0 Å². The molecule has 0 amide bonds. The van der Waals surface area contributed by atoms with Gasteiger partial charge in [-0.3, -0.25) is 0 Å². The standard InChI is InChI=1S/C8H8N2O3/c1-5-6(10-12)3-4-7(9-5)8(11)13-2/h3-4H,1-2H3. The van der Waals surface area contributed by atoms with Crippen LogP contribution in [0.3, 0.4) is 0 Å². The van der Waals surface area contributed by atoms with Gasteiger partial charge in [-0.25, -0.2) is 9.78 Å². The summed E-state index contributed by atoms with van der Waals surface area (Å²) in [6.45, 7) is 1.60. The first-order valence-corrected chi connectivity index (χ1v) is 3.58. The number of carbonyl (C=O) groups is 1. The maximum absolute atomic E-state index is 11.0. The average Bonchev–Trinajstić information content (AvgIpc) is 2.16. The van der Waals surface area contributed by atoms with Crippen LogP contribution in [0, 0.1) is 11.8 Å². The molecular weight excluding hydrogens is 172 g/mol. The topological polar surface area (TPSA) is 68.6 Å². The summed E-state index contributed by atoms with van der Waals surface area (Å²) >= 11 is 0. The number of aryl methyl sites for hydroxylation is 1. The van der Waals surface area contributed by atoms with E-state index in [-0.39, 0.29) is 11.4 Å². The fraction of sp³-hybridized carbons (Fsp3) is 0.250. The number of hydrogen-bond acceptors (Lipinski definition) is 5. The van der Waals surface area contributed by atoms with Crippen LogP contribution in [0.2, 0.25) is 0 Å². The maximum Gasteiger partial charge on any atom is 0.356 e. The zero-order valence-corrected chi connectivity index (χ0v) is 7.27. The molecule has 1 aromatic rings. The van der Waals surface area contributed by atoms with Crippen molar-refractivity contribution in [1.29, 1.82) is 0 Å². The predicted molar refractivity (Wildman–Crippen MR) is 45.8 cm³/mol. The molecule has 13 heavy (non-hydrogen) atoms. The summed E-state index contributed by atoms with van der Waals surface area (Å²) in [6.07, 6.45) is 0.